The van der Waals surface area contributed by atoms with Gasteiger partial charge in [-0.15, -0.1) is 0 Å². The normalized spacial score (nSPS) is 12.0. The second-order valence-electron chi connectivity index (χ2n) is 8.59. The van der Waals surface area contributed by atoms with Crippen LogP contribution in [-0.2, 0) is 20.0 Å². The SMILES string of the molecule is COc1c(/C=N/NS(=O)(=O)c2ccc(C)c([N+](=O)[O-])c2)cc(C)cc1/C=N/NS(=O)(=O)c1ccc(C)c([N+](=O)[O-])c1. The van der Waals surface area contributed by atoms with Crippen LogP contribution in [-0.4, -0.2) is 46.2 Å². The Morgan fingerprint density at radius 3 is 1.46 bits per heavy atom. The first-order valence-electron chi connectivity index (χ1n) is 11.4. The molecule has 0 saturated carbocycles. The van der Waals surface area contributed by atoms with Gasteiger partial charge in [0.15, 0.2) is 0 Å². The summed E-state index contributed by atoms with van der Waals surface area (Å²) in [7, 11) is -7.18. The minimum absolute atomic E-state index is 0.165. The van der Waals surface area contributed by atoms with Gasteiger partial charge in [0.05, 0.1) is 39.2 Å². The molecule has 17 heteroatoms. The van der Waals surface area contributed by atoms with Crippen molar-refractivity contribution in [3.05, 3.63) is 96.6 Å². The lowest BCUT2D eigenvalue weighted by Gasteiger charge is -2.10. The van der Waals surface area contributed by atoms with Gasteiger partial charge in [-0.2, -0.15) is 27.0 Å². The predicted molar refractivity (Wildman–Crippen MR) is 149 cm³/mol. The number of ether oxygens (including phenoxy) is 1. The van der Waals surface area contributed by atoms with E-state index in [4.69, 9.17) is 4.74 Å². The Morgan fingerprint density at radius 1 is 0.732 bits per heavy atom. The second-order valence-corrected chi connectivity index (χ2v) is 11.9. The number of nitro groups is 2. The van der Waals surface area contributed by atoms with Gasteiger partial charge in [-0.05, 0) is 50.6 Å². The summed E-state index contributed by atoms with van der Waals surface area (Å²) in [4.78, 5) is 24.2. The van der Waals surface area contributed by atoms with Crippen molar-refractivity contribution in [2.75, 3.05) is 7.11 Å². The van der Waals surface area contributed by atoms with Gasteiger partial charge in [0, 0.05) is 34.4 Å². The first-order chi connectivity index (χ1) is 19.2. The van der Waals surface area contributed by atoms with Crippen molar-refractivity contribution in [3.8, 4) is 5.75 Å². The number of nitro benzene ring substituents is 2. The maximum absolute atomic E-state index is 12.6. The van der Waals surface area contributed by atoms with E-state index in [1.165, 1.54) is 45.2 Å². The van der Waals surface area contributed by atoms with Crippen molar-refractivity contribution >= 4 is 43.9 Å². The van der Waals surface area contributed by atoms with Gasteiger partial charge >= 0.3 is 0 Å². The van der Waals surface area contributed by atoms with Crippen LogP contribution in [0.25, 0.3) is 0 Å². The zero-order valence-electron chi connectivity index (χ0n) is 22.1. The van der Waals surface area contributed by atoms with Gasteiger partial charge < -0.3 is 4.74 Å². The Hall–Kier alpha value is -4.90. The van der Waals surface area contributed by atoms with Gasteiger partial charge in [-0.3, -0.25) is 20.2 Å². The molecule has 0 fully saturated rings. The van der Waals surface area contributed by atoms with E-state index < -0.39 is 29.9 Å². The quantitative estimate of drug-likeness (QED) is 0.187. The molecule has 0 aliphatic rings. The fourth-order valence-corrected chi connectivity index (χ4v) is 5.22. The summed E-state index contributed by atoms with van der Waals surface area (Å²) in [6.07, 6.45) is 2.28. The Labute approximate surface area is 235 Å². The highest BCUT2D eigenvalue weighted by Gasteiger charge is 2.21. The summed E-state index contributed by atoms with van der Waals surface area (Å²) in [5, 5.41) is 29.8. The van der Waals surface area contributed by atoms with E-state index in [0.29, 0.717) is 27.8 Å². The zero-order valence-corrected chi connectivity index (χ0v) is 23.7. The van der Waals surface area contributed by atoms with Gasteiger partial charge in [-0.25, -0.2) is 9.66 Å². The number of hydrogen-bond acceptors (Lipinski definition) is 11. The minimum atomic E-state index is -4.25. The van der Waals surface area contributed by atoms with Crippen LogP contribution in [0.4, 0.5) is 11.4 Å². The molecule has 3 aromatic carbocycles. The van der Waals surface area contributed by atoms with Gasteiger partial charge in [0.2, 0.25) is 0 Å². The molecule has 0 bridgehead atoms. The summed E-state index contributed by atoms with van der Waals surface area (Å²) >= 11 is 0. The summed E-state index contributed by atoms with van der Waals surface area (Å²) in [6.45, 7) is 4.66. The van der Waals surface area contributed by atoms with Crippen LogP contribution < -0.4 is 14.4 Å². The molecule has 2 N–H and O–H groups in total. The molecular weight excluding hydrogens is 580 g/mol. The molecule has 0 amide bonds. The third-order valence-electron chi connectivity index (χ3n) is 5.62. The van der Waals surface area contributed by atoms with Gasteiger partial charge in [-0.1, -0.05) is 12.1 Å². The van der Waals surface area contributed by atoms with Crippen LogP contribution in [0.1, 0.15) is 27.8 Å². The van der Waals surface area contributed by atoms with Crippen molar-refractivity contribution in [1.29, 1.82) is 0 Å². The first kappa shape index (κ1) is 30.6. The molecule has 0 aliphatic carbocycles. The lowest BCUT2D eigenvalue weighted by atomic mass is 10.1. The van der Waals surface area contributed by atoms with E-state index >= 15 is 0 Å². The van der Waals surface area contributed by atoms with E-state index in [-0.39, 0.29) is 26.9 Å². The van der Waals surface area contributed by atoms with E-state index in [1.807, 2.05) is 9.66 Å². The number of benzene rings is 3. The number of sulfonamides is 2. The zero-order chi connectivity index (χ0) is 30.5. The van der Waals surface area contributed by atoms with Crippen molar-refractivity contribution in [1.82, 2.24) is 9.66 Å². The second kappa shape index (κ2) is 12.1. The maximum atomic E-state index is 12.6. The summed E-state index contributed by atoms with van der Waals surface area (Å²) in [5.74, 6) is 0.165. The third kappa shape index (κ3) is 7.20. The minimum Gasteiger partial charge on any atom is -0.495 e. The van der Waals surface area contributed by atoms with E-state index in [1.54, 1.807) is 19.1 Å². The maximum Gasteiger partial charge on any atom is 0.276 e. The van der Waals surface area contributed by atoms with Crippen molar-refractivity contribution in [3.63, 3.8) is 0 Å². The van der Waals surface area contributed by atoms with E-state index in [2.05, 4.69) is 10.2 Å². The molecule has 3 aromatic rings. The molecule has 3 rings (SSSR count). The third-order valence-corrected chi connectivity index (χ3v) is 8.06. The highest BCUT2D eigenvalue weighted by Crippen LogP contribution is 2.25. The summed E-state index contributed by atoms with van der Waals surface area (Å²) in [6, 6.07) is 10.1. The topological polar surface area (TPSA) is 213 Å². The molecule has 0 unspecified atom stereocenters. The number of nitrogens with zero attached hydrogens (tertiary/aromatic N) is 4. The molecular formula is C24H24N6O9S2. The predicted octanol–water partition coefficient (Wildman–Crippen LogP) is 3.06. The smallest absolute Gasteiger partial charge is 0.276 e. The average molecular weight is 605 g/mol. The van der Waals surface area contributed by atoms with Crippen LogP contribution in [0.3, 0.4) is 0 Å². The lowest BCUT2D eigenvalue weighted by Crippen LogP contribution is -2.19. The molecule has 216 valence electrons. The molecule has 0 aliphatic heterocycles. The summed E-state index contributed by atoms with van der Waals surface area (Å²) < 4.78 is 55.9. The molecule has 41 heavy (non-hydrogen) atoms. The van der Waals surface area contributed by atoms with Crippen molar-refractivity contribution < 1.29 is 31.4 Å². The van der Waals surface area contributed by atoms with Crippen molar-refractivity contribution in [2.45, 2.75) is 30.6 Å². The average Bonchev–Trinajstić information content (AvgIpc) is 2.88. The fraction of sp³-hybridized carbons (Fsp3) is 0.167. The van der Waals surface area contributed by atoms with Crippen LogP contribution >= 0.6 is 0 Å². The van der Waals surface area contributed by atoms with E-state index in [9.17, 15) is 37.1 Å². The number of aryl methyl sites for hydroxylation is 3. The highest BCUT2D eigenvalue weighted by atomic mass is 32.2. The Balaban J connectivity index is 1.85. The number of hydrogen-bond donors (Lipinski definition) is 2. The largest absolute Gasteiger partial charge is 0.495 e. The number of hydrazone groups is 2. The lowest BCUT2D eigenvalue weighted by molar-refractivity contribution is -0.385. The van der Waals surface area contributed by atoms with Crippen LogP contribution in [0.2, 0.25) is 0 Å². The van der Waals surface area contributed by atoms with Gasteiger partial charge in [0.1, 0.15) is 5.75 Å². The molecule has 0 aromatic heterocycles. The molecule has 0 saturated heterocycles. The first-order valence-corrected chi connectivity index (χ1v) is 14.4. The van der Waals surface area contributed by atoms with Gasteiger partial charge in [0.25, 0.3) is 31.4 Å². The standard InChI is InChI=1S/C24H24N6O9S2/c1-15-9-18(13-25-27-40(35,36)20-7-5-16(2)22(11-20)29(31)32)24(39-4)19(10-15)14-26-28-41(37,38)21-8-6-17(3)23(12-21)30(33)34/h5-14,27-28H,1-4H3/b25-13+,26-14+. The molecule has 15 nitrogen and oxygen atoms in total. The van der Waals surface area contributed by atoms with E-state index in [0.717, 1.165) is 24.6 Å². The Bertz CT molecular complexity index is 1680. The highest BCUT2D eigenvalue weighted by molar-refractivity contribution is 7.89. The number of nitrogens with one attached hydrogen (secondary N) is 2. The van der Waals surface area contributed by atoms with Crippen LogP contribution in [0.15, 0.2) is 68.5 Å². The molecule has 0 spiro atoms. The summed E-state index contributed by atoms with van der Waals surface area (Å²) in [5.41, 5.74) is 1.10. The van der Waals surface area contributed by atoms with Crippen LogP contribution in [0, 0.1) is 41.0 Å². The number of rotatable bonds is 11. The molecule has 0 radical (unpaired) electrons. The Kier molecular flexibility index (Phi) is 9.04. The Morgan fingerprint density at radius 2 is 1.12 bits per heavy atom. The molecule has 0 atom stereocenters. The van der Waals surface area contributed by atoms with Crippen LogP contribution in [0.5, 0.6) is 5.75 Å². The number of methoxy groups -OCH3 is 1. The molecule has 0 heterocycles. The monoisotopic (exact) mass is 604 g/mol. The fourth-order valence-electron chi connectivity index (χ4n) is 3.60. The van der Waals surface area contributed by atoms with Crippen molar-refractivity contribution in [2.24, 2.45) is 10.2 Å².